The average Bonchev–Trinajstić information content (AvgIpc) is 2.00. The summed E-state index contributed by atoms with van der Waals surface area (Å²) in [7, 11) is 0. The molecular weight excluding hydrogens is 138 g/mol. The van der Waals surface area contributed by atoms with Gasteiger partial charge >= 0.3 is 0 Å². The lowest BCUT2D eigenvalue weighted by atomic mass is 10.1. The fraction of sp³-hybridized carbons (Fsp3) is 0.444. The molecule has 2 heteroatoms. The van der Waals surface area contributed by atoms with Gasteiger partial charge in [0.2, 0.25) is 0 Å². The number of carbonyl (C=O) groups excluding carboxylic acids is 1. The third-order valence-corrected chi connectivity index (χ3v) is 1.35. The van der Waals surface area contributed by atoms with E-state index < -0.39 is 6.04 Å². The van der Waals surface area contributed by atoms with E-state index in [0.717, 1.165) is 0 Å². The molecule has 0 aromatic heterocycles. The Kier molecular flexibility index (Phi) is 5.14. The molecule has 0 aromatic carbocycles. The van der Waals surface area contributed by atoms with Gasteiger partial charge in [0.15, 0.2) is 5.78 Å². The quantitative estimate of drug-likeness (QED) is 0.468. The van der Waals surface area contributed by atoms with Crippen LogP contribution in [-0.2, 0) is 4.79 Å². The first-order valence-corrected chi connectivity index (χ1v) is 3.55. The van der Waals surface area contributed by atoms with Crippen LogP contribution in [0.4, 0.5) is 0 Å². The molecule has 0 fully saturated rings. The van der Waals surface area contributed by atoms with E-state index in [0.29, 0.717) is 19.3 Å². The van der Waals surface area contributed by atoms with E-state index in [-0.39, 0.29) is 5.78 Å². The van der Waals surface area contributed by atoms with Crippen molar-refractivity contribution in [3.8, 4) is 12.3 Å². The maximum absolute atomic E-state index is 11.0. The summed E-state index contributed by atoms with van der Waals surface area (Å²) >= 11 is 0. The van der Waals surface area contributed by atoms with Gasteiger partial charge < -0.3 is 5.73 Å². The number of Topliss-reactive ketones (excluding diaryl/α,β-unsaturated/α-hetero) is 1. The molecule has 0 rings (SSSR count). The van der Waals surface area contributed by atoms with Crippen LogP contribution in [0, 0.1) is 12.3 Å². The first-order chi connectivity index (χ1) is 5.22. The minimum atomic E-state index is -0.486. The van der Waals surface area contributed by atoms with Gasteiger partial charge in [-0.05, 0) is 6.42 Å². The first kappa shape index (κ1) is 9.93. The van der Waals surface area contributed by atoms with E-state index in [1.165, 1.54) is 0 Å². The molecule has 0 aliphatic heterocycles. The summed E-state index contributed by atoms with van der Waals surface area (Å²) in [6, 6.07) is -0.486. The number of allylic oxidation sites excluding steroid dienone is 1. The fourth-order valence-electron chi connectivity index (χ4n) is 0.671. The zero-order chi connectivity index (χ0) is 8.69. The highest BCUT2D eigenvalue weighted by molar-refractivity contribution is 5.84. The number of rotatable bonds is 5. The number of ketones is 1. The van der Waals surface area contributed by atoms with E-state index in [1.54, 1.807) is 6.08 Å². The van der Waals surface area contributed by atoms with Crippen LogP contribution in [0.3, 0.4) is 0 Å². The summed E-state index contributed by atoms with van der Waals surface area (Å²) in [6.07, 6.45) is 8.15. The van der Waals surface area contributed by atoms with Crippen molar-refractivity contribution in [1.29, 1.82) is 0 Å². The van der Waals surface area contributed by atoms with Crippen molar-refractivity contribution in [3.05, 3.63) is 12.7 Å². The third kappa shape index (κ3) is 4.35. The van der Waals surface area contributed by atoms with E-state index in [1.807, 2.05) is 0 Å². The van der Waals surface area contributed by atoms with Crippen LogP contribution in [0.5, 0.6) is 0 Å². The molecule has 2 nitrogen and oxygen atoms in total. The molecule has 1 unspecified atom stereocenters. The highest BCUT2D eigenvalue weighted by Crippen LogP contribution is 1.97. The van der Waals surface area contributed by atoms with Gasteiger partial charge in [-0.2, -0.15) is 0 Å². The first-order valence-electron chi connectivity index (χ1n) is 3.55. The molecule has 0 saturated carbocycles. The Hall–Kier alpha value is -1.07. The monoisotopic (exact) mass is 151 g/mol. The Morgan fingerprint density at radius 2 is 2.45 bits per heavy atom. The Morgan fingerprint density at radius 1 is 1.82 bits per heavy atom. The van der Waals surface area contributed by atoms with E-state index in [9.17, 15) is 4.79 Å². The minimum Gasteiger partial charge on any atom is -0.321 e. The average molecular weight is 151 g/mol. The lowest BCUT2D eigenvalue weighted by Gasteiger charge is -2.04. The zero-order valence-electron chi connectivity index (χ0n) is 6.55. The molecule has 0 bridgehead atoms. The van der Waals surface area contributed by atoms with Crippen LogP contribution in [0.2, 0.25) is 0 Å². The van der Waals surface area contributed by atoms with Gasteiger partial charge in [-0.15, -0.1) is 18.9 Å². The van der Waals surface area contributed by atoms with Gasteiger partial charge in [0.05, 0.1) is 6.04 Å². The Labute approximate surface area is 67.5 Å². The lowest BCUT2D eigenvalue weighted by molar-refractivity contribution is -0.120. The van der Waals surface area contributed by atoms with Crippen molar-refractivity contribution < 1.29 is 4.79 Å². The highest BCUT2D eigenvalue weighted by atomic mass is 16.1. The van der Waals surface area contributed by atoms with Crippen LogP contribution in [0.25, 0.3) is 0 Å². The summed E-state index contributed by atoms with van der Waals surface area (Å²) in [4.78, 5) is 11.0. The van der Waals surface area contributed by atoms with Gasteiger partial charge in [0.1, 0.15) is 0 Å². The molecule has 0 spiro atoms. The van der Waals surface area contributed by atoms with Crippen LogP contribution < -0.4 is 5.73 Å². The summed E-state index contributed by atoms with van der Waals surface area (Å²) in [6.45, 7) is 3.50. The molecule has 2 N–H and O–H groups in total. The summed E-state index contributed by atoms with van der Waals surface area (Å²) < 4.78 is 0. The zero-order valence-corrected chi connectivity index (χ0v) is 6.55. The maximum atomic E-state index is 11.0. The van der Waals surface area contributed by atoms with E-state index in [4.69, 9.17) is 12.2 Å². The number of hydrogen-bond acceptors (Lipinski definition) is 2. The lowest BCUT2D eigenvalue weighted by Crippen LogP contribution is -2.29. The molecule has 1 atom stereocenters. The molecule has 0 saturated heterocycles. The van der Waals surface area contributed by atoms with Crippen LogP contribution in [0.1, 0.15) is 19.3 Å². The van der Waals surface area contributed by atoms with Crippen molar-refractivity contribution in [3.63, 3.8) is 0 Å². The van der Waals surface area contributed by atoms with Crippen LogP contribution >= 0.6 is 0 Å². The molecule has 11 heavy (non-hydrogen) atoms. The number of hydrogen-bond donors (Lipinski definition) is 1. The Bertz CT molecular complexity index is 178. The molecule has 0 aliphatic rings. The standard InChI is InChI=1S/C9H13NO/c1-3-5-7-9(11)8(10)6-4-2/h2-3,8H,1,5-7,10H2. The van der Waals surface area contributed by atoms with Crippen molar-refractivity contribution >= 4 is 5.78 Å². The Balaban J connectivity index is 3.65. The third-order valence-electron chi connectivity index (χ3n) is 1.35. The molecule has 60 valence electrons. The number of carbonyl (C=O) groups is 1. The Morgan fingerprint density at radius 3 is 2.91 bits per heavy atom. The predicted molar refractivity (Wildman–Crippen MR) is 45.9 cm³/mol. The van der Waals surface area contributed by atoms with Crippen LogP contribution in [-0.4, -0.2) is 11.8 Å². The predicted octanol–water partition coefficient (Wildman–Crippen LogP) is 0.872. The fourth-order valence-corrected chi connectivity index (χ4v) is 0.671. The summed E-state index contributed by atoms with van der Waals surface area (Å²) in [5, 5.41) is 0. The second-order valence-electron chi connectivity index (χ2n) is 2.31. The SMILES string of the molecule is C#CCC(N)C(=O)CCC=C. The second kappa shape index (κ2) is 5.70. The molecule has 0 heterocycles. The minimum absolute atomic E-state index is 0.0165. The normalized spacial score (nSPS) is 11.6. The summed E-state index contributed by atoms with van der Waals surface area (Å²) in [5.74, 6) is 2.37. The largest absolute Gasteiger partial charge is 0.321 e. The smallest absolute Gasteiger partial charge is 0.150 e. The molecule has 0 aromatic rings. The summed E-state index contributed by atoms with van der Waals surface area (Å²) in [5.41, 5.74) is 5.44. The second-order valence-corrected chi connectivity index (χ2v) is 2.31. The van der Waals surface area contributed by atoms with E-state index in [2.05, 4.69) is 12.5 Å². The van der Waals surface area contributed by atoms with Crippen molar-refractivity contribution in [1.82, 2.24) is 0 Å². The number of nitrogens with two attached hydrogens (primary N) is 1. The molecule has 0 radical (unpaired) electrons. The molecule has 0 amide bonds. The van der Waals surface area contributed by atoms with Crippen molar-refractivity contribution in [2.24, 2.45) is 5.73 Å². The van der Waals surface area contributed by atoms with Crippen molar-refractivity contribution in [2.75, 3.05) is 0 Å². The highest BCUT2D eigenvalue weighted by Gasteiger charge is 2.09. The van der Waals surface area contributed by atoms with Crippen LogP contribution in [0.15, 0.2) is 12.7 Å². The van der Waals surface area contributed by atoms with Crippen molar-refractivity contribution in [2.45, 2.75) is 25.3 Å². The number of terminal acetylenes is 1. The van der Waals surface area contributed by atoms with Gasteiger partial charge in [-0.25, -0.2) is 0 Å². The van der Waals surface area contributed by atoms with Gasteiger partial charge in [-0.1, -0.05) is 6.08 Å². The molecular formula is C9H13NO. The van der Waals surface area contributed by atoms with Gasteiger partial charge in [0, 0.05) is 12.8 Å². The maximum Gasteiger partial charge on any atom is 0.150 e. The topological polar surface area (TPSA) is 43.1 Å². The molecule has 0 aliphatic carbocycles. The van der Waals surface area contributed by atoms with Gasteiger partial charge in [-0.3, -0.25) is 4.79 Å². The van der Waals surface area contributed by atoms with E-state index >= 15 is 0 Å². The van der Waals surface area contributed by atoms with Gasteiger partial charge in [0.25, 0.3) is 0 Å².